The van der Waals surface area contributed by atoms with Crippen LogP contribution < -0.4 is 0 Å². The van der Waals surface area contributed by atoms with Gasteiger partial charge in [-0.05, 0) is 29.5 Å². The van der Waals surface area contributed by atoms with E-state index in [1.807, 2.05) is 49.2 Å². The zero-order valence-corrected chi connectivity index (χ0v) is 18.2. The van der Waals surface area contributed by atoms with Crippen LogP contribution in [0.4, 0.5) is 0 Å². The Hall–Kier alpha value is -3.03. The summed E-state index contributed by atoms with van der Waals surface area (Å²) in [5, 5.41) is 12.4. The highest BCUT2D eigenvalue weighted by Crippen LogP contribution is 2.26. The van der Waals surface area contributed by atoms with Gasteiger partial charge < -0.3 is 9.42 Å². The Morgan fingerprint density at radius 3 is 2.57 bits per heavy atom. The number of nitrogens with zero attached hydrogens (tertiary/aromatic N) is 6. The molecular formula is C22H28N6O2. The lowest BCUT2D eigenvalue weighted by atomic mass is 9.86. The molecule has 2 aromatic heterocycles. The SMILES string of the molecule is CC(C)c1noc(-c2cn([C@@H]3CCN(C(=O)c4ccc(C(C)(C)C)cc4)C3)nn2)n1. The summed E-state index contributed by atoms with van der Waals surface area (Å²) in [6.45, 7) is 11.8. The first-order chi connectivity index (χ1) is 14.2. The van der Waals surface area contributed by atoms with E-state index in [9.17, 15) is 4.79 Å². The van der Waals surface area contributed by atoms with Gasteiger partial charge in [-0.3, -0.25) is 4.79 Å². The van der Waals surface area contributed by atoms with E-state index in [1.54, 1.807) is 4.68 Å². The van der Waals surface area contributed by atoms with Gasteiger partial charge in [0, 0.05) is 24.6 Å². The average molecular weight is 409 g/mol. The first-order valence-corrected chi connectivity index (χ1v) is 10.4. The molecule has 3 aromatic rings. The maximum atomic E-state index is 12.9. The van der Waals surface area contributed by atoms with Gasteiger partial charge in [0.1, 0.15) is 0 Å². The van der Waals surface area contributed by atoms with Crippen molar-refractivity contribution in [3.05, 3.63) is 47.4 Å². The van der Waals surface area contributed by atoms with Crippen molar-refractivity contribution in [2.45, 2.75) is 58.4 Å². The van der Waals surface area contributed by atoms with Crippen LogP contribution in [-0.4, -0.2) is 49.0 Å². The summed E-state index contributed by atoms with van der Waals surface area (Å²) >= 11 is 0. The summed E-state index contributed by atoms with van der Waals surface area (Å²) in [6, 6.07) is 8.01. The number of hydrogen-bond donors (Lipinski definition) is 0. The molecule has 158 valence electrons. The number of hydrogen-bond acceptors (Lipinski definition) is 6. The number of aromatic nitrogens is 5. The van der Waals surface area contributed by atoms with Gasteiger partial charge in [0.05, 0.1) is 12.2 Å². The number of likely N-dealkylation sites (tertiary alicyclic amines) is 1. The van der Waals surface area contributed by atoms with E-state index in [0.29, 0.717) is 30.5 Å². The largest absolute Gasteiger partial charge is 0.336 e. The molecule has 0 aliphatic carbocycles. The Kier molecular flexibility index (Phi) is 5.17. The first kappa shape index (κ1) is 20.3. The van der Waals surface area contributed by atoms with Gasteiger partial charge in [0.25, 0.3) is 11.8 Å². The Morgan fingerprint density at radius 1 is 1.20 bits per heavy atom. The monoisotopic (exact) mass is 408 g/mol. The fraction of sp³-hybridized carbons (Fsp3) is 0.500. The van der Waals surface area contributed by atoms with E-state index in [2.05, 4.69) is 41.2 Å². The Bertz CT molecular complexity index is 1030. The molecule has 0 spiro atoms. The molecule has 0 bridgehead atoms. The van der Waals surface area contributed by atoms with Crippen LogP contribution in [0.15, 0.2) is 35.0 Å². The predicted octanol–water partition coefficient (Wildman–Crippen LogP) is 3.84. The number of amides is 1. The molecular weight excluding hydrogens is 380 g/mol. The standard InChI is InChI=1S/C22H28N6O2/c1-14(2)19-23-20(30-25-19)18-13-28(26-24-18)17-10-11-27(12-17)21(29)15-6-8-16(9-7-15)22(3,4)5/h6-9,13-14,17H,10-12H2,1-5H3/t17-/m1/s1. The summed E-state index contributed by atoms with van der Waals surface area (Å²) in [5.41, 5.74) is 2.56. The lowest BCUT2D eigenvalue weighted by molar-refractivity contribution is 0.0787. The fourth-order valence-corrected chi connectivity index (χ4v) is 3.56. The van der Waals surface area contributed by atoms with Gasteiger partial charge in [0.2, 0.25) is 0 Å². The van der Waals surface area contributed by atoms with Crippen molar-refractivity contribution in [1.29, 1.82) is 0 Å². The summed E-state index contributed by atoms with van der Waals surface area (Å²) in [6.07, 6.45) is 2.64. The second-order valence-corrected chi connectivity index (χ2v) is 9.22. The first-order valence-electron chi connectivity index (χ1n) is 10.4. The minimum absolute atomic E-state index is 0.0526. The van der Waals surface area contributed by atoms with E-state index in [0.717, 1.165) is 12.0 Å². The smallest absolute Gasteiger partial charge is 0.280 e. The maximum Gasteiger partial charge on any atom is 0.280 e. The summed E-state index contributed by atoms with van der Waals surface area (Å²) < 4.78 is 7.09. The van der Waals surface area contributed by atoms with Crippen molar-refractivity contribution in [3.63, 3.8) is 0 Å². The van der Waals surface area contributed by atoms with Crippen LogP contribution in [0.5, 0.6) is 0 Å². The molecule has 4 rings (SSSR count). The quantitative estimate of drug-likeness (QED) is 0.652. The van der Waals surface area contributed by atoms with E-state index in [-0.39, 0.29) is 23.3 Å². The normalized spacial score (nSPS) is 17.1. The van der Waals surface area contributed by atoms with Gasteiger partial charge in [-0.15, -0.1) is 5.10 Å². The molecule has 1 atom stereocenters. The van der Waals surface area contributed by atoms with Gasteiger partial charge in [-0.2, -0.15) is 4.98 Å². The zero-order chi connectivity index (χ0) is 21.5. The van der Waals surface area contributed by atoms with Crippen LogP contribution >= 0.6 is 0 Å². The van der Waals surface area contributed by atoms with E-state index in [1.165, 1.54) is 5.56 Å². The van der Waals surface area contributed by atoms with Crippen molar-refractivity contribution in [2.75, 3.05) is 13.1 Å². The molecule has 0 saturated carbocycles. The second-order valence-electron chi connectivity index (χ2n) is 9.22. The predicted molar refractivity (Wildman–Crippen MR) is 112 cm³/mol. The maximum absolute atomic E-state index is 12.9. The van der Waals surface area contributed by atoms with Crippen LogP contribution in [0.1, 0.15) is 74.7 Å². The molecule has 0 radical (unpaired) electrons. The van der Waals surface area contributed by atoms with Crippen molar-refractivity contribution < 1.29 is 9.32 Å². The summed E-state index contributed by atoms with van der Waals surface area (Å²) in [4.78, 5) is 19.2. The molecule has 8 heteroatoms. The van der Waals surface area contributed by atoms with Crippen molar-refractivity contribution in [3.8, 4) is 11.6 Å². The number of carbonyl (C=O) groups is 1. The number of benzene rings is 1. The molecule has 1 aromatic carbocycles. The molecule has 1 fully saturated rings. The molecule has 3 heterocycles. The van der Waals surface area contributed by atoms with Crippen LogP contribution in [0.2, 0.25) is 0 Å². The average Bonchev–Trinajstić information content (AvgIpc) is 3.46. The van der Waals surface area contributed by atoms with E-state index < -0.39 is 0 Å². The Morgan fingerprint density at radius 2 is 1.93 bits per heavy atom. The minimum Gasteiger partial charge on any atom is -0.336 e. The highest BCUT2D eigenvalue weighted by Gasteiger charge is 2.29. The van der Waals surface area contributed by atoms with Gasteiger partial charge in [-0.1, -0.05) is 57.1 Å². The van der Waals surface area contributed by atoms with Crippen molar-refractivity contribution in [2.24, 2.45) is 0 Å². The molecule has 1 aliphatic heterocycles. The molecule has 1 saturated heterocycles. The molecule has 1 amide bonds. The van der Waals surface area contributed by atoms with Gasteiger partial charge >= 0.3 is 0 Å². The van der Waals surface area contributed by atoms with Crippen LogP contribution in [0, 0.1) is 0 Å². The molecule has 1 aliphatic rings. The van der Waals surface area contributed by atoms with Crippen molar-refractivity contribution >= 4 is 5.91 Å². The molecule has 0 N–H and O–H groups in total. The summed E-state index contributed by atoms with van der Waals surface area (Å²) in [7, 11) is 0. The molecule has 30 heavy (non-hydrogen) atoms. The van der Waals surface area contributed by atoms with Crippen LogP contribution in [0.3, 0.4) is 0 Å². The lowest BCUT2D eigenvalue weighted by Crippen LogP contribution is -2.29. The number of carbonyl (C=O) groups excluding carboxylic acids is 1. The molecule has 8 nitrogen and oxygen atoms in total. The molecule has 0 unspecified atom stereocenters. The van der Waals surface area contributed by atoms with Gasteiger partial charge in [-0.25, -0.2) is 4.68 Å². The van der Waals surface area contributed by atoms with Crippen LogP contribution in [0.25, 0.3) is 11.6 Å². The van der Waals surface area contributed by atoms with E-state index >= 15 is 0 Å². The van der Waals surface area contributed by atoms with E-state index in [4.69, 9.17) is 4.52 Å². The number of rotatable bonds is 4. The van der Waals surface area contributed by atoms with Gasteiger partial charge in [0.15, 0.2) is 11.5 Å². The Balaban J connectivity index is 1.43. The topological polar surface area (TPSA) is 89.9 Å². The third-order valence-electron chi connectivity index (χ3n) is 5.51. The van der Waals surface area contributed by atoms with Crippen LogP contribution in [-0.2, 0) is 5.41 Å². The minimum atomic E-state index is 0.0526. The third-order valence-corrected chi connectivity index (χ3v) is 5.51. The zero-order valence-electron chi connectivity index (χ0n) is 18.2. The second kappa shape index (κ2) is 7.66. The Labute approximate surface area is 176 Å². The highest BCUT2D eigenvalue weighted by molar-refractivity contribution is 5.94. The lowest BCUT2D eigenvalue weighted by Gasteiger charge is -2.20. The third kappa shape index (κ3) is 3.99. The highest BCUT2D eigenvalue weighted by atomic mass is 16.5. The summed E-state index contributed by atoms with van der Waals surface area (Å²) in [5.74, 6) is 1.26. The fourth-order valence-electron chi connectivity index (χ4n) is 3.56. The van der Waals surface area contributed by atoms with Crippen molar-refractivity contribution in [1.82, 2.24) is 30.0 Å².